The van der Waals surface area contributed by atoms with Crippen molar-refractivity contribution in [3.8, 4) is 22.9 Å². The Balaban J connectivity index is 0.000000344. The molecule has 20 nitrogen and oxygen atoms in total. The lowest BCUT2D eigenvalue weighted by atomic mass is 9.88. The lowest BCUT2D eigenvalue weighted by Crippen LogP contribution is -2.40. The average molecular weight is 2190 g/mol. The number of alkyl halides is 22. The minimum absolute atomic E-state index is 0.00494. The minimum Gasteiger partial charge on any atom is -0.508 e. The van der Waals surface area contributed by atoms with E-state index in [1.807, 2.05) is 24.3 Å². The first-order valence-corrected chi connectivity index (χ1v) is 42.1. The van der Waals surface area contributed by atoms with Gasteiger partial charge in [-0.3, -0.25) is 30.3 Å². The third-order valence-electron chi connectivity index (χ3n) is 13.4. The molecule has 7 aromatic carbocycles. The molecule has 0 unspecified atom stereocenters. The van der Waals surface area contributed by atoms with E-state index >= 15 is 0 Å². The Bertz CT molecular complexity index is 4530. The van der Waals surface area contributed by atoms with Crippen molar-refractivity contribution in [2.24, 2.45) is 5.41 Å². The summed E-state index contributed by atoms with van der Waals surface area (Å²) in [5, 5.41) is 52.1. The number of carbonyl (C=O) groups is 4. The number of aliphatic hydroxyl groups excluding tert-OH is 3. The van der Waals surface area contributed by atoms with Gasteiger partial charge in [0.15, 0.2) is 23.3 Å². The lowest BCUT2D eigenvalue weighted by molar-refractivity contribution is -0.385. The Kier molecular flexibility index (Phi) is 44.1. The predicted molar refractivity (Wildman–Crippen MR) is 468 cm³/mol. The van der Waals surface area contributed by atoms with Gasteiger partial charge in [-0.1, -0.05) is 329 Å². The third-order valence-corrected chi connectivity index (χ3v) is 23.3. The molecule has 0 bridgehead atoms. The third kappa shape index (κ3) is 37.6. The maximum atomic E-state index is 11.7. The van der Waals surface area contributed by atoms with Crippen molar-refractivity contribution in [3.05, 3.63) is 259 Å². The number of nitrogens with zero attached hydrogens (tertiary/aromatic N) is 4. The molecule has 113 heavy (non-hydrogen) atoms. The van der Waals surface area contributed by atoms with Crippen LogP contribution >= 0.6 is 291 Å². The summed E-state index contributed by atoms with van der Waals surface area (Å²) in [5.74, 6) is -1.30. The van der Waals surface area contributed by atoms with Gasteiger partial charge in [-0.15, -0.1) is 11.6 Å². The van der Waals surface area contributed by atoms with Crippen molar-refractivity contribution in [3.63, 3.8) is 0 Å². The molecule has 1 aliphatic rings. The van der Waals surface area contributed by atoms with Crippen molar-refractivity contribution in [1.29, 1.82) is 0 Å². The van der Waals surface area contributed by atoms with Crippen LogP contribution in [-0.2, 0) is 57.4 Å². The van der Waals surface area contributed by atoms with Gasteiger partial charge in [-0.05, 0) is 174 Å². The average Bonchev–Trinajstić information content (AvgIpc) is 0.811. The van der Waals surface area contributed by atoms with E-state index in [1.165, 1.54) is 60.7 Å². The summed E-state index contributed by atoms with van der Waals surface area (Å²) in [6.45, 7) is 0.689. The molecule has 0 atom stereocenters. The number of phenols is 1. The van der Waals surface area contributed by atoms with Crippen LogP contribution in [-0.4, -0.2) is 95.8 Å². The SMILES string of the molecule is CC1(C(Cl)(Cl)Cl)C=CC(=O)C=C1.Clc1ccc(C(c2ccc(Cl)cc2)C(Cl)(Cl)Cl)cc1.O=C(NC(=O)C(Cl)(Cl)Cl)Oc1ccccc1.O=C(Nc1ccc(O)cc1)OCC(Cl)(Cl)Cl.O=S(=O)(c1ccccc1)C(Br)(Br)Br.O=[N+]([O-])c1cc(CO)c(CO)cc1CCl.OCc1ccc(-c2nc(C(Cl)(Cl)Cl)nc(C(Cl)(Cl)Cl)n2)cc1. The Labute approximate surface area is 777 Å². The number of imide groups is 1. The summed E-state index contributed by atoms with van der Waals surface area (Å²) < 4.78 is 21.0. The molecule has 0 saturated carbocycles. The van der Waals surface area contributed by atoms with Gasteiger partial charge >= 0.3 is 12.2 Å². The molecule has 612 valence electrons. The second-order valence-corrected chi connectivity index (χ2v) is 47.4. The van der Waals surface area contributed by atoms with Crippen LogP contribution in [0.25, 0.3) is 11.4 Å². The number of benzene rings is 7. The maximum Gasteiger partial charge on any atom is 0.419 e. The van der Waals surface area contributed by atoms with Crippen LogP contribution in [0.2, 0.25) is 10.0 Å². The number of hydrogen-bond acceptors (Lipinski definition) is 17. The van der Waals surface area contributed by atoms with Gasteiger partial charge in [-0.25, -0.2) is 33.0 Å². The molecule has 1 heterocycles. The van der Waals surface area contributed by atoms with Crippen molar-refractivity contribution in [2.75, 3.05) is 11.9 Å². The highest BCUT2D eigenvalue weighted by molar-refractivity contribution is 9.42. The number of sulfone groups is 1. The number of anilines is 1. The number of halogens is 24. The van der Waals surface area contributed by atoms with Crippen LogP contribution in [0.3, 0.4) is 0 Å². The Morgan fingerprint density at radius 2 is 1.05 bits per heavy atom. The van der Waals surface area contributed by atoms with Crippen LogP contribution in [0, 0.1) is 15.5 Å². The summed E-state index contributed by atoms with van der Waals surface area (Å²) in [4.78, 5) is 66.5. The lowest BCUT2D eigenvalue weighted by Gasteiger charge is -2.31. The minimum atomic E-state index is -3.43. The fourth-order valence-corrected chi connectivity index (χ4v) is 12.7. The molecule has 3 amide bonds. The number of nitrogens with one attached hydrogen (secondary N) is 2. The summed E-state index contributed by atoms with van der Waals surface area (Å²) >= 11 is 128. The number of rotatable bonds is 12. The van der Waals surface area contributed by atoms with E-state index in [0.717, 1.165) is 16.7 Å². The molecule has 0 fully saturated rings. The molecular formula is C68H52Br3Cl21N6O14S. The molecule has 1 aliphatic carbocycles. The molecule has 0 aliphatic heterocycles. The number of aromatic hydroxyl groups is 1. The molecule has 0 saturated heterocycles. The fourth-order valence-electron chi connectivity index (χ4n) is 7.87. The summed E-state index contributed by atoms with van der Waals surface area (Å²) in [6, 6.07) is 46.1. The number of carbonyl (C=O) groups excluding carboxylic acids is 4. The smallest absolute Gasteiger partial charge is 0.419 e. The quantitative estimate of drug-likeness (QED) is 0.0287. The highest BCUT2D eigenvalue weighted by Crippen LogP contribution is 2.49. The maximum absolute atomic E-state index is 11.7. The highest BCUT2D eigenvalue weighted by Gasteiger charge is 2.42. The van der Waals surface area contributed by atoms with Gasteiger partial charge in [0.05, 0.1) is 46.9 Å². The van der Waals surface area contributed by atoms with Gasteiger partial charge < -0.3 is 29.9 Å². The van der Waals surface area contributed by atoms with E-state index in [-0.39, 0.29) is 83.6 Å². The molecule has 9 rings (SSSR count). The van der Waals surface area contributed by atoms with Gasteiger partial charge in [0, 0.05) is 32.9 Å². The van der Waals surface area contributed by atoms with Gasteiger partial charge in [0.2, 0.25) is 30.3 Å². The van der Waals surface area contributed by atoms with Crippen LogP contribution in [0.5, 0.6) is 11.5 Å². The molecule has 0 radical (unpaired) electrons. The molecule has 45 heteroatoms. The number of amides is 3. The molecule has 8 aromatic rings. The summed E-state index contributed by atoms with van der Waals surface area (Å²) in [5.41, 5.74) is 3.86. The largest absolute Gasteiger partial charge is 0.508 e. The number of aromatic nitrogens is 3. The fraction of sp³-hybridized carbons (Fsp3) is 0.221. The van der Waals surface area contributed by atoms with Gasteiger partial charge in [0.25, 0.3) is 15.4 Å². The van der Waals surface area contributed by atoms with Crippen LogP contribution in [0.1, 0.15) is 57.9 Å². The number of nitro groups is 1. The number of hydrogen-bond donors (Lipinski definition) is 6. The first kappa shape index (κ1) is 105. The predicted octanol–water partition coefficient (Wildman–Crippen LogP) is 24.8. The summed E-state index contributed by atoms with van der Waals surface area (Å²) in [7, 11) is -3.43. The standard InChI is InChI=1S/C14H9Cl5.C12H7Cl6N3O.C9H8Cl3NO3.C9H6Cl3NO3.C9H10ClNO4.C8H7Cl3O.C7H5Br3O2S/c15-11-5-1-9(2-6-11)13(14(17,18)19)10-3-7-12(16)8-4-10;13-11(14,15)9-19-8(20-10(21-9)12(16,17)18)7-3-1-6(5-22)2-4-7;10-9(11,12)5-16-8(15)13-6-1-3-7(14)4-2-6;10-9(11,12)7(14)13-8(15)16-6-4-2-1-3-5-6;10-3-6-1-7(4-12)8(5-13)2-9(6)11(14)15;1-7(8(9,10)11)4-2-6(12)3-5-7;8-7(9,10)13(11,12)6-4-2-1-3-5-6/h1-8,13H;1-4,22H,5H2;1-4,14H,5H2,(H,13,15);1-5H,(H,13,14,15);1-2,12-13H,3-5H2;2-5H,1H3;1-5H. The van der Waals surface area contributed by atoms with Crippen molar-refractivity contribution in [1.82, 2.24) is 20.3 Å². The normalized spacial score (nSPS) is 12.6. The number of para-hydroxylation sites is 1. The number of ketones is 1. The Morgan fingerprint density at radius 1 is 0.602 bits per heavy atom. The van der Waals surface area contributed by atoms with E-state index in [9.17, 15) is 37.7 Å². The number of allylic oxidation sites excluding steroid dienone is 4. The highest BCUT2D eigenvalue weighted by atomic mass is 80.0. The van der Waals surface area contributed by atoms with Crippen molar-refractivity contribution >= 4 is 336 Å². The van der Waals surface area contributed by atoms with Gasteiger partial charge in [-0.2, -0.15) is 0 Å². The zero-order valence-electron chi connectivity index (χ0n) is 56.2. The van der Waals surface area contributed by atoms with E-state index < -0.39 is 62.5 Å². The number of nitro benzene ring substituents is 1. The molecular weight excluding hydrogens is 2140 g/mol. The monoisotopic (exact) mass is 2180 g/mol. The van der Waals surface area contributed by atoms with E-state index in [0.29, 0.717) is 38.0 Å². The Hall–Kier alpha value is -2.53. The van der Waals surface area contributed by atoms with Gasteiger partial charge in [0.1, 0.15) is 18.1 Å². The van der Waals surface area contributed by atoms with Crippen LogP contribution in [0.15, 0.2) is 199 Å². The second-order valence-electron chi connectivity index (χ2n) is 21.8. The zero-order chi connectivity index (χ0) is 85.9. The van der Waals surface area contributed by atoms with E-state index in [2.05, 4.69) is 72.8 Å². The van der Waals surface area contributed by atoms with Crippen LogP contribution < -0.4 is 15.4 Å². The number of aliphatic hydroxyl groups is 3. The molecule has 1 aromatic heterocycles. The molecule has 6 N–H and O–H groups in total. The Morgan fingerprint density at radius 3 is 1.43 bits per heavy atom. The summed E-state index contributed by atoms with van der Waals surface area (Å²) in [6.07, 6.45) is 4.26. The van der Waals surface area contributed by atoms with E-state index in [1.54, 1.807) is 121 Å². The van der Waals surface area contributed by atoms with Crippen molar-refractivity contribution < 1.29 is 62.4 Å². The second kappa shape index (κ2) is 47.6. The first-order chi connectivity index (χ1) is 52.1. The zero-order valence-corrected chi connectivity index (χ0v) is 77.7. The number of ether oxygens (including phenoxy) is 2. The first-order valence-electron chi connectivity index (χ1n) is 30.1. The number of phenolic OH excluding ortho intramolecular Hbond substituents is 1. The van der Waals surface area contributed by atoms with Crippen LogP contribution in [0.4, 0.5) is 21.0 Å². The molecule has 0 spiro atoms. The van der Waals surface area contributed by atoms with E-state index in [4.69, 9.17) is 269 Å². The topological polar surface area (TPSA) is 308 Å². The van der Waals surface area contributed by atoms with Crippen molar-refractivity contribution in [2.45, 2.75) is 67.7 Å².